The molecule has 18 heavy (non-hydrogen) atoms. The van der Waals surface area contributed by atoms with E-state index in [-0.39, 0.29) is 0 Å². The van der Waals surface area contributed by atoms with Gasteiger partial charge in [-0.2, -0.15) is 0 Å². The van der Waals surface area contributed by atoms with E-state index in [9.17, 15) is 4.79 Å². The van der Waals surface area contributed by atoms with E-state index in [4.69, 9.17) is 16.3 Å². The monoisotopic (exact) mass is 345 g/mol. The lowest BCUT2D eigenvalue weighted by Crippen LogP contribution is -2.00. The van der Waals surface area contributed by atoms with Gasteiger partial charge < -0.3 is 4.74 Å². The zero-order valence-electron chi connectivity index (χ0n) is 9.44. The van der Waals surface area contributed by atoms with Crippen LogP contribution in [-0.4, -0.2) is 18.1 Å². The summed E-state index contributed by atoms with van der Waals surface area (Å²) in [5, 5.41) is 1.96. The Kier molecular flexibility index (Phi) is 4.37. The fourth-order valence-corrected chi connectivity index (χ4v) is 3.03. The number of aromatic nitrogens is 1. The van der Waals surface area contributed by atoms with Gasteiger partial charge in [0.2, 0.25) is 0 Å². The van der Waals surface area contributed by atoms with Gasteiger partial charge >= 0.3 is 5.97 Å². The molecule has 0 aliphatic rings. The van der Waals surface area contributed by atoms with E-state index in [2.05, 4.69) is 20.9 Å². The van der Waals surface area contributed by atoms with Crippen molar-refractivity contribution in [2.24, 2.45) is 0 Å². The molecule has 6 heteroatoms. The smallest absolute Gasteiger partial charge is 0.350 e. The van der Waals surface area contributed by atoms with E-state index in [1.807, 2.05) is 18.2 Å². The minimum atomic E-state index is -0.394. The van der Waals surface area contributed by atoms with Gasteiger partial charge in [-0.1, -0.05) is 45.7 Å². The normalized spacial score (nSPS) is 10.4. The summed E-state index contributed by atoms with van der Waals surface area (Å²) < 4.78 is 4.77. The van der Waals surface area contributed by atoms with Gasteiger partial charge in [0.15, 0.2) is 0 Å². The maximum absolute atomic E-state index is 11.7. The lowest BCUT2D eigenvalue weighted by molar-refractivity contribution is 0.0607. The van der Waals surface area contributed by atoms with Crippen molar-refractivity contribution in [3.63, 3.8) is 0 Å². The zero-order valence-corrected chi connectivity index (χ0v) is 12.6. The molecule has 0 bridgehead atoms. The van der Waals surface area contributed by atoms with Crippen LogP contribution in [0.25, 0.3) is 11.3 Å². The number of benzene rings is 1. The van der Waals surface area contributed by atoms with Crippen LogP contribution in [0.2, 0.25) is 5.02 Å². The largest absolute Gasteiger partial charge is 0.465 e. The van der Waals surface area contributed by atoms with Crippen LogP contribution in [0.15, 0.2) is 24.3 Å². The standard InChI is InChI=1S/C12H9BrClNO2S/c1-17-12(16)11-10(15-9(6-13)18-11)7-4-2-3-5-8(7)14/h2-5H,6H2,1H3. The molecule has 0 atom stereocenters. The summed E-state index contributed by atoms with van der Waals surface area (Å²) in [4.78, 5) is 16.6. The number of alkyl halides is 1. The number of hydrogen-bond acceptors (Lipinski definition) is 4. The number of esters is 1. The number of carbonyl (C=O) groups is 1. The average Bonchev–Trinajstić information content (AvgIpc) is 2.82. The highest BCUT2D eigenvalue weighted by molar-refractivity contribution is 9.08. The summed E-state index contributed by atoms with van der Waals surface area (Å²) in [6.07, 6.45) is 0. The first-order valence-corrected chi connectivity index (χ1v) is 7.38. The van der Waals surface area contributed by atoms with Crippen molar-refractivity contribution in [3.8, 4) is 11.3 Å². The van der Waals surface area contributed by atoms with E-state index < -0.39 is 5.97 Å². The fourth-order valence-electron chi connectivity index (χ4n) is 1.49. The first-order chi connectivity index (χ1) is 8.67. The molecule has 1 aromatic heterocycles. The predicted molar refractivity (Wildman–Crippen MR) is 76.5 cm³/mol. The SMILES string of the molecule is COC(=O)c1sc(CBr)nc1-c1ccccc1Cl. The minimum absolute atomic E-state index is 0.394. The van der Waals surface area contributed by atoms with Gasteiger partial charge in [0.05, 0.1) is 23.2 Å². The third-order valence-corrected chi connectivity index (χ3v) is 4.55. The van der Waals surface area contributed by atoms with Crippen LogP contribution in [0.3, 0.4) is 0 Å². The summed E-state index contributed by atoms with van der Waals surface area (Å²) in [6, 6.07) is 7.30. The molecule has 0 aliphatic heterocycles. The van der Waals surface area contributed by atoms with Crippen LogP contribution in [0.5, 0.6) is 0 Å². The summed E-state index contributed by atoms with van der Waals surface area (Å²) in [6.45, 7) is 0. The van der Waals surface area contributed by atoms with Crippen LogP contribution in [0.1, 0.15) is 14.7 Å². The molecule has 2 rings (SSSR count). The molecule has 0 N–H and O–H groups in total. The number of methoxy groups -OCH3 is 1. The van der Waals surface area contributed by atoms with Crippen LogP contribution >= 0.6 is 38.9 Å². The molecule has 0 amide bonds. The minimum Gasteiger partial charge on any atom is -0.465 e. The highest BCUT2D eigenvalue weighted by atomic mass is 79.9. The molecular weight excluding hydrogens is 338 g/mol. The van der Waals surface area contributed by atoms with E-state index in [0.29, 0.717) is 20.9 Å². The number of thiazole rings is 1. The Labute approximate surface area is 122 Å². The molecule has 0 unspecified atom stereocenters. The number of carbonyl (C=O) groups excluding carboxylic acids is 1. The number of halogens is 2. The maximum atomic E-state index is 11.7. The molecule has 0 aliphatic carbocycles. The van der Waals surface area contributed by atoms with Crippen LogP contribution in [0.4, 0.5) is 0 Å². The van der Waals surface area contributed by atoms with Crippen LogP contribution in [-0.2, 0) is 10.1 Å². The summed E-state index contributed by atoms with van der Waals surface area (Å²) in [7, 11) is 1.35. The Hall–Kier alpha value is -0.910. The van der Waals surface area contributed by atoms with Crippen molar-refractivity contribution >= 4 is 44.8 Å². The van der Waals surface area contributed by atoms with Gasteiger partial charge in [0.1, 0.15) is 9.88 Å². The number of hydrogen-bond donors (Lipinski definition) is 0. The van der Waals surface area contributed by atoms with Crippen LogP contribution in [0, 0.1) is 0 Å². The summed E-state index contributed by atoms with van der Waals surface area (Å²) >= 11 is 10.8. The van der Waals surface area contributed by atoms with E-state index in [0.717, 1.165) is 10.6 Å². The van der Waals surface area contributed by atoms with Crippen molar-refractivity contribution in [2.45, 2.75) is 5.33 Å². The lowest BCUT2D eigenvalue weighted by atomic mass is 10.1. The Morgan fingerprint density at radius 2 is 2.22 bits per heavy atom. The third kappa shape index (κ3) is 2.58. The van der Waals surface area contributed by atoms with Crippen molar-refractivity contribution in [3.05, 3.63) is 39.2 Å². The van der Waals surface area contributed by atoms with Crippen molar-refractivity contribution in [1.29, 1.82) is 0 Å². The molecule has 0 fully saturated rings. The molecule has 1 aromatic carbocycles. The first kappa shape index (κ1) is 13.5. The Morgan fingerprint density at radius 1 is 1.50 bits per heavy atom. The first-order valence-electron chi connectivity index (χ1n) is 5.06. The average molecular weight is 347 g/mol. The molecule has 3 nitrogen and oxygen atoms in total. The number of nitrogens with zero attached hydrogens (tertiary/aromatic N) is 1. The van der Waals surface area contributed by atoms with Gasteiger partial charge in [-0.15, -0.1) is 11.3 Å². The van der Waals surface area contributed by atoms with Gasteiger partial charge in [0, 0.05) is 5.56 Å². The van der Waals surface area contributed by atoms with Crippen molar-refractivity contribution < 1.29 is 9.53 Å². The third-order valence-electron chi connectivity index (χ3n) is 2.29. The lowest BCUT2D eigenvalue weighted by Gasteiger charge is -2.02. The molecule has 0 saturated heterocycles. The van der Waals surface area contributed by atoms with E-state index in [1.165, 1.54) is 18.4 Å². The molecule has 0 spiro atoms. The summed E-state index contributed by atoms with van der Waals surface area (Å²) in [5.41, 5.74) is 1.31. The second-order valence-electron chi connectivity index (χ2n) is 3.39. The van der Waals surface area contributed by atoms with Gasteiger partial charge in [0.25, 0.3) is 0 Å². The predicted octanol–water partition coefficient (Wildman–Crippen LogP) is 4.15. The van der Waals surface area contributed by atoms with Gasteiger partial charge in [-0.05, 0) is 6.07 Å². The summed E-state index contributed by atoms with van der Waals surface area (Å²) in [5.74, 6) is -0.394. The van der Waals surface area contributed by atoms with Crippen molar-refractivity contribution in [2.75, 3.05) is 7.11 Å². The van der Waals surface area contributed by atoms with Crippen LogP contribution < -0.4 is 0 Å². The molecule has 2 aromatic rings. The maximum Gasteiger partial charge on any atom is 0.350 e. The number of ether oxygens (including phenoxy) is 1. The van der Waals surface area contributed by atoms with Gasteiger partial charge in [-0.3, -0.25) is 0 Å². The number of rotatable bonds is 3. The molecule has 1 heterocycles. The molecular formula is C12H9BrClNO2S. The quantitative estimate of drug-likeness (QED) is 0.619. The Bertz CT molecular complexity index is 585. The molecule has 94 valence electrons. The van der Waals surface area contributed by atoms with E-state index in [1.54, 1.807) is 6.07 Å². The van der Waals surface area contributed by atoms with E-state index >= 15 is 0 Å². The second kappa shape index (κ2) is 5.82. The van der Waals surface area contributed by atoms with Gasteiger partial charge in [-0.25, -0.2) is 9.78 Å². The Balaban J connectivity index is 2.59. The highest BCUT2D eigenvalue weighted by Gasteiger charge is 2.20. The zero-order chi connectivity index (χ0) is 13.1. The van der Waals surface area contributed by atoms with Crippen molar-refractivity contribution in [1.82, 2.24) is 4.98 Å². The highest BCUT2D eigenvalue weighted by Crippen LogP contribution is 2.33. The Morgan fingerprint density at radius 3 is 2.83 bits per heavy atom. The topological polar surface area (TPSA) is 39.2 Å². The molecule has 0 saturated carbocycles. The second-order valence-corrected chi connectivity index (χ2v) is 5.44. The molecule has 0 radical (unpaired) electrons. The fraction of sp³-hybridized carbons (Fsp3) is 0.167.